The number of carbonyl (C=O) groups excluding carboxylic acids is 1. The third-order valence-corrected chi connectivity index (χ3v) is 3.31. The van der Waals surface area contributed by atoms with E-state index in [0.717, 1.165) is 16.5 Å². The molecule has 0 unspecified atom stereocenters. The first-order chi connectivity index (χ1) is 8.68. The third-order valence-electron chi connectivity index (χ3n) is 2.52. The number of halogens is 1. The van der Waals surface area contributed by atoms with Gasteiger partial charge in [-0.25, -0.2) is 0 Å². The molecule has 2 heterocycles. The van der Waals surface area contributed by atoms with Crippen LogP contribution in [0.5, 0.6) is 0 Å². The Balaban J connectivity index is 1.79. The van der Waals surface area contributed by atoms with Crippen molar-refractivity contribution in [3.8, 4) is 0 Å². The summed E-state index contributed by atoms with van der Waals surface area (Å²) in [6.45, 7) is 1.43. The van der Waals surface area contributed by atoms with Crippen molar-refractivity contribution in [3.63, 3.8) is 0 Å². The van der Waals surface area contributed by atoms with Gasteiger partial charge in [-0.3, -0.25) is 14.2 Å². The van der Waals surface area contributed by atoms with E-state index in [2.05, 4.69) is 38.1 Å². The van der Waals surface area contributed by atoms with Crippen LogP contribution in [0.1, 0.15) is 16.9 Å². The Morgan fingerprint density at radius 3 is 2.94 bits per heavy atom. The zero-order valence-electron chi connectivity index (χ0n) is 10.0. The predicted octanol–water partition coefficient (Wildman–Crippen LogP) is 1.04. The van der Waals surface area contributed by atoms with Crippen LogP contribution in [-0.2, 0) is 13.6 Å². The lowest BCUT2D eigenvalue weighted by Crippen LogP contribution is -2.28. The summed E-state index contributed by atoms with van der Waals surface area (Å²) in [6, 6.07) is 1.89. The molecular formula is C11H14IN5O. The molecule has 0 fully saturated rings. The number of carbonyl (C=O) groups is 1. The van der Waals surface area contributed by atoms with E-state index >= 15 is 0 Å². The van der Waals surface area contributed by atoms with Crippen molar-refractivity contribution in [1.82, 2.24) is 24.9 Å². The van der Waals surface area contributed by atoms with Gasteiger partial charge in [-0.2, -0.15) is 10.2 Å². The number of rotatable bonds is 5. The summed E-state index contributed by atoms with van der Waals surface area (Å²) in [5.41, 5.74) is 0.606. The van der Waals surface area contributed by atoms with Gasteiger partial charge in [-0.05, 0) is 35.1 Å². The van der Waals surface area contributed by atoms with Crippen molar-refractivity contribution >= 4 is 28.5 Å². The second-order valence-electron chi connectivity index (χ2n) is 3.84. The molecular weight excluding hydrogens is 345 g/mol. The first kappa shape index (κ1) is 13.1. The minimum Gasteiger partial charge on any atom is -0.351 e. The number of nitrogens with one attached hydrogen (secondary N) is 1. The summed E-state index contributed by atoms with van der Waals surface area (Å²) < 4.78 is 4.30. The van der Waals surface area contributed by atoms with E-state index in [1.807, 2.05) is 16.9 Å². The SMILES string of the molecule is Cn1ncc(I)c1C(=O)NCCCn1cccn1. The van der Waals surface area contributed by atoms with E-state index in [-0.39, 0.29) is 5.91 Å². The van der Waals surface area contributed by atoms with Crippen LogP contribution in [0.2, 0.25) is 0 Å². The summed E-state index contributed by atoms with van der Waals surface area (Å²) in [7, 11) is 1.76. The highest BCUT2D eigenvalue weighted by Gasteiger charge is 2.14. The summed E-state index contributed by atoms with van der Waals surface area (Å²) >= 11 is 2.11. The van der Waals surface area contributed by atoms with Crippen molar-refractivity contribution in [3.05, 3.63) is 33.9 Å². The molecule has 2 rings (SSSR count). The molecule has 96 valence electrons. The zero-order chi connectivity index (χ0) is 13.0. The molecule has 0 atom stereocenters. The van der Waals surface area contributed by atoms with Crippen LogP contribution >= 0.6 is 22.6 Å². The summed E-state index contributed by atoms with van der Waals surface area (Å²) in [5, 5.41) is 11.0. The lowest BCUT2D eigenvalue weighted by atomic mass is 10.3. The second-order valence-corrected chi connectivity index (χ2v) is 5.01. The molecule has 1 N–H and O–H groups in total. The van der Waals surface area contributed by atoms with Gasteiger partial charge in [-0.1, -0.05) is 0 Å². The molecule has 7 heteroatoms. The number of nitrogens with zero attached hydrogens (tertiary/aromatic N) is 4. The van der Waals surface area contributed by atoms with E-state index in [9.17, 15) is 4.79 Å². The topological polar surface area (TPSA) is 64.7 Å². The van der Waals surface area contributed by atoms with Crippen molar-refractivity contribution in [2.45, 2.75) is 13.0 Å². The average Bonchev–Trinajstić information content (AvgIpc) is 2.95. The smallest absolute Gasteiger partial charge is 0.270 e. The summed E-state index contributed by atoms with van der Waals surface area (Å²) in [6.07, 6.45) is 6.18. The normalized spacial score (nSPS) is 10.6. The Kier molecular flexibility index (Phi) is 4.34. The molecule has 6 nitrogen and oxygen atoms in total. The molecule has 0 aliphatic carbocycles. The van der Waals surface area contributed by atoms with Gasteiger partial charge in [0.05, 0.1) is 9.77 Å². The van der Waals surface area contributed by atoms with E-state index < -0.39 is 0 Å². The molecule has 2 aromatic heterocycles. The first-order valence-corrected chi connectivity index (χ1v) is 6.69. The van der Waals surface area contributed by atoms with Gasteiger partial charge in [0.15, 0.2) is 0 Å². The molecule has 0 spiro atoms. The van der Waals surface area contributed by atoms with Crippen LogP contribution in [0.3, 0.4) is 0 Å². The van der Waals surface area contributed by atoms with E-state index in [1.54, 1.807) is 24.1 Å². The fourth-order valence-corrected chi connectivity index (χ4v) is 2.34. The van der Waals surface area contributed by atoms with Gasteiger partial charge in [-0.15, -0.1) is 0 Å². The largest absolute Gasteiger partial charge is 0.351 e. The highest BCUT2D eigenvalue weighted by Crippen LogP contribution is 2.09. The summed E-state index contributed by atoms with van der Waals surface area (Å²) in [5.74, 6) is -0.0835. The molecule has 0 aliphatic heterocycles. The molecule has 0 bridgehead atoms. The Morgan fingerprint density at radius 1 is 1.50 bits per heavy atom. The Labute approximate surface area is 119 Å². The van der Waals surface area contributed by atoms with Gasteiger partial charge < -0.3 is 5.32 Å². The zero-order valence-corrected chi connectivity index (χ0v) is 12.2. The van der Waals surface area contributed by atoms with Gasteiger partial charge in [0.25, 0.3) is 5.91 Å². The van der Waals surface area contributed by atoms with Crippen molar-refractivity contribution in [2.24, 2.45) is 7.05 Å². The van der Waals surface area contributed by atoms with Crippen molar-refractivity contribution < 1.29 is 4.79 Å². The number of hydrogen-bond donors (Lipinski definition) is 1. The Hall–Kier alpha value is -1.38. The number of amides is 1. The molecule has 0 saturated heterocycles. The molecule has 0 aromatic carbocycles. The van der Waals surface area contributed by atoms with Gasteiger partial charge in [0, 0.05) is 32.5 Å². The van der Waals surface area contributed by atoms with Gasteiger partial charge in [0.2, 0.25) is 0 Å². The minimum atomic E-state index is -0.0835. The number of hydrogen-bond acceptors (Lipinski definition) is 3. The fourth-order valence-electron chi connectivity index (χ4n) is 1.63. The molecule has 0 aliphatic rings. The van der Waals surface area contributed by atoms with Crippen molar-refractivity contribution in [2.75, 3.05) is 6.54 Å². The Bertz CT molecular complexity index is 500. The van der Waals surface area contributed by atoms with E-state index in [4.69, 9.17) is 0 Å². The molecule has 0 radical (unpaired) electrons. The average molecular weight is 359 g/mol. The lowest BCUT2D eigenvalue weighted by Gasteiger charge is -2.06. The van der Waals surface area contributed by atoms with Crippen LogP contribution in [0, 0.1) is 3.57 Å². The van der Waals surface area contributed by atoms with Crippen LogP contribution in [-0.4, -0.2) is 32.0 Å². The molecule has 2 aromatic rings. The third kappa shape index (κ3) is 3.09. The second kappa shape index (κ2) is 5.98. The maximum absolute atomic E-state index is 11.9. The van der Waals surface area contributed by atoms with Crippen LogP contribution in [0.4, 0.5) is 0 Å². The molecule has 18 heavy (non-hydrogen) atoms. The van der Waals surface area contributed by atoms with Crippen LogP contribution in [0.25, 0.3) is 0 Å². The lowest BCUT2D eigenvalue weighted by molar-refractivity contribution is 0.0942. The number of aromatic nitrogens is 4. The molecule has 1 amide bonds. The minimum absolute atomic E-state index is 0.0835. The van der Waals surface area contributed by atoms with Gasteiger partial charge >= 0.3 is 0 Å². The predicted molar refractivity (Wildman–Crippen MR) is 75.1 cm³/mol. The number of aryl methyl sites for hydroxylation is 2. The standard InChI is InChI=1S/C11H14IN5O/c1-16-10(9(12)8-15-16)11(18)13-4-2-6-17-7-3-5-14-17/h3,5,7-8H,2,4,6H2,1H3,(H,13,18). The Morgan fingerprint density at radius 2 is 2.33 bits per heavy atom. The first-order valence-electron chi connectivity index (χ1n) is 5.61. The quantitative estimate of drug-likeness (QED) is 0.641. The maximum Gasteiger partial charge on any atom is 0.270 e. The van der Waals surface area contributed by atoms with E-state index in [0.29, 0.717) is 12.2 Å². The molecule has 0 saturated carbocycles. The van der Waals surface area contributed by atoms with Crippen LogP contribution in [0.15, 0.2) is 24.7 Å². The highest BCUT2D eigenvalue weighted by molar-refractivity contribution is 14.1. The van der Waals surface area contributed by atoms with E-state index in [1.165, 1.54) is 0 Å². The monoisotopic (exact) mass is 359 g/mol. The summed E-state index contributed by atoms with van der Waals surface area (Å²) in [4.78, 5) is 11.9. The highest BCUT2D eigenvalue weighted by atomic mass is 127. The van der Waals surface area contributed by atoms with Gasteiger partial charge in [0.1, 0.15) is 5.69 Å². The van der Waals surface area contributed by atoms with Crippen molar-refractivity contribution in [1.29, 1.82) is 0 Å². The maximum atomic E-state index is 11.9. The fraction of sp³-hybridized carbons (Fsp3) is 0.364. The van der Waals surface area contributed by atoms with Crippen LogP contribution < -0.4 is 5.32 Å².